The van der Waals surface area contributed by atoms with E-state index in [-0.39, 0.29) is 17.9 Å². The van der Waals surface area contributed by atoms with E-state index >= 15 is 0 Å². The number of unbranched alkanes of at least 4 members (excludes halogenated alkanes) is 1. The van der Waals surface area contributed by atoms with Gasteiger partial charge in [-0.3, -0.25) is 14.0 Å². The summed E-state index contributed by atoms with van der Waals surface area (Å²) >= 11 is 5.68. The Labute approximate surface area is 149 Å². The van der Waals surface area contributed by atoms with Gasteiger partial charge in [0.05, 0.1) is 12.7 Å². The predicted octanol–water partition coefficient (Wildman–Crippen LogP) is 2.14. The van der Waals surface area contributed by atoms with Gasteiger partial charge < -0.3 is 15.4 Å². The number of carbonyl (C=O) groups excluding carboxylic acids is 2. The van der Waals surface area contributed by atoms with Crippen LogP contribution < -0.4 is 10.6 Å². The van der Waals surface area contributed by atoms with Crippen LogP contribution in [0.2, 0.25) is 0 Å². The number of methoxy groups -OCH3 is 1. The highest BCUT2D eigenvalue weighted by atomic mass is 35.5. The predicted molar refractivity (Wildman–Crippen MR) is 97.4 cm³/mol. The van der Waals surface area contributed by atoms with Gasteiger partial charge in [0.2, 0.25) is 0 Å². The fraction of sp³-hybridized carbons (Fsp3) is 0.529. The molecule has 0 aliphatic rings. The highest BCUT2D eigenvalue weighted by molar-refractivity contribution is 6.14. The average molecular weight is 358 g/mol. The van der Waals surface area contributed by atoms with Crippen LogP contribution in [0.1, 0.15) is 26.2 Å². The minimum Gasteiger partial charge on any atom is -0.468 e. The van der Waals surface area contributed by atoms with Crippen molar-refractivity contribution in [1.82, 2.24) is 15.1 Å². The van der Waals surface area contributed by atoms with Crippen LogP contribution in [-0.4, -0.2) is 49.6 Å². The number of amides is 1. The molecule has 0 aromatic carbocycles. The van der Waals surface area contributed by atoms with Crippen molar-refractivity contribution in [1.29, 1.82) is 0 Å². The van der Waals surface area contributed by atoms with Gasteiger partial charge in [-0.1, -0.05) is 24.8 Å². The van der Waals surface area contributed by atoms with E-state index < -0.39 is 0 Å². The van der Waals surface area contributed by atoms with Crippen LogP contribution in [0.15, 0.2) is 36.6 Å². The van der Waals surface area contributed by atoms with Crippen LogP contribution in [0, 0.1) is 0 Å². The number of halogens is 1. The van der Waals surface area contributed by atoms with Crippen molar-refractivity contribution < 1.29 is 14.3 Å². The zero-order valence-electron chi connectivity index (χ0n) is 14.7. The first-order valence-electron chi connectivity index (χ1n) is 7.78. The SMILES string of the molecule is C=C/C(=C\N(C)Cl)C(=O)NCCCC[C@H](NCC(=C)C)C(=O)OC. The summed E-state index contributed by atoms with van der Waals surface area (Å²) in [5.41, 5.74) is 1.34. The smallest absolute Gasteiger partial charge is 0.322 e. The molecule has 24 heavy (non-hydrogen) atoms. The molecule has 0 saturated carbocycles. The lowest BCUT2D eigenvalue weighted by Crippen LogP contribution is -2.38. The third-order valence-corrected chi connectivity index (χ3v) is 3.24. The molecule has 2 N–H and O–H groups in total. The van der Waals surface area contributed by atoms with Gasteiger partial charge in [-0.25, -0.2) is 0 Å². The van der Waals surface area contributed by atoms with Gasteiger partial charge in [0.1, 0.15) is 6.04 Å². The van der Waals surface area contributed by atoms with Crippen molar-refractivity contribution in [2.24, 2.45) is 0 Å². The van der Waals surface area contributed by atoms with Gasteiger partial charge >= 0.3 is 5.97 Å². The maximum atomic E-state index is 11.9. The van der Waals surface area contributed by atoms with E-state index in [0.29, 0.717) is 25.1 Å². The van der Waals surface area contributed by atoms with E-state index in [1.165, 1.54) is 23.8 Å². The second kappa shape index (κ2) is 12.6. The maximum Gasteiger partial charge on any atom is 0.322 e. The molecule has 0 rings (SSSR count). The average Bonchev–Trinajstić information content (AvgIpc) is 2.53. The molecule has 0 radical (unpaired) electrons. The molecular formula is C17H28ClN3O3. The lowest BCUT2D eigenvalue weighted by Gasteiger charge is -2.16. The summed E-state index contributed by atoms with van der Waals surface area (Å²) in [6.45, 7) is 10.3. The molecular weight excluding hydrogens is 330 g/mol. The Balaban J connectivity index is 4.20. The summed E-state index contributed by atoms with van der Waals surface area (Å²) in [5, 5.41) is 5.91. The number of rotatable bonds is 12. The minimum absolute atomic E-state index is 0.234. The summed E-state index contributed by atoms with van der Waals surface area (Å²) in [5.74, 6) is -0.523. The molecule has 0 bridgehead atoms. The molecule has 0 unspecified atom stereocenters. The quantitative estimate of drug-likeness (QED) is 0.140. The molecule has 0 saturated heterocycles. The Morgan fingerprint density at radius 2 is 2.04 bits per heavy atom. The zero-order chi connectivity index (χ0) is 18.5. The first-order valence-corrected chi connectivity index (χ1v) is 8.12. The van der Waals surface area contributed by atoms with Gasteiger partial charge in [-0.05, 0) is 26.2 Å². The number of hydrogen-bond acceptors (Lipinski definition) is 5. The Morgan fingerprint density at radius 1 is 1.38 bits per heavy atom. The van der Waals surface area contributed by atoms with Gasteiger partial charge in [0.25, 0.3) is 5.91 Å². The van der Waals surface area contributed by atoms with Crippen molar-refractivity contribution in [3.8, 4) is 0 Å². The highest BCUT2D eigenvalue weighted by Gasteiger charge is 2.17. The summed E-state index contributed by atoms with van der Waals surface area (Å²) < 4.78 is 6.05. The number of nitrogens with one attached hydrogen (secondary N) is 2. The van der Waals surface area contributed by atoms with Crippen LogP contribution in [0.25, 0.3) is 0 Å². The summed E-state index contributed by atoms with van der Waals surface area (Å²) in [6.07, 6.45) is 5.08. The van der Waals surface area contributed by atoms with Crippen molar-refractivity contribution >= 4 is 23.7 Å². The summed E-state index contributed by atoms with van der Waals surface area (Å²) in [7, 11) is 2.98. The number of esters is 1. The minimum atomic E-state index is -0.365. The maximum absolute atomic E-state index is 11.9. The van der Waals surface area contributed by atoms with Crippen molar-refractivity contribution in [2.45, 2.75) is 32.2 Å². The molecule has 7 heteroatoms. The summed E-state index contributed by atoms with van der Waals surface area (Å²) in [4.78, 5) is 23.6. The molecule has 0 aromatic heterocycles. The van der Waals surface area contributed by atoms with Gasteiger partial charge in [-0.2, -0.15) is 0 Å². The van der Waals surface area contributed by atoms with Crippen molar-refractivity contribution in [2.75, 3.05) is 27.2 Å². The fourth-order valence-electron chi connectivity index (χ4n) is 1.92. The highest BCUT2D eigenvalue weighted by Crippen LogP contribution is 2.04. The standard InChI is InChI=1S/C17H28ClN3O3/c1-6-14(12-21(4)18)16(22)19-10-8-7-9-15(17(23)24-5)20-11-13(2)3/h6,12,15,20H,1-2,7-11H2,3-5H3,(H,19,22)/b14-12+/t15-/m0/s1. The first-order chi connectivity index (χ1) is 11.3. The normalized spacial score (nSPS) is 12.2. The molecule has 1 amide bonds. The Bertz CT molecular complexity index is 476. The molecule has 6 nitrogen and oxygen atoms in total. The fourth-order valence-corrected chi connectivity index (χ4v) is 2.02. The first kappa shape index (κ1) is 22.2. The van der Waals surface area contributed by atoms with Crippen LogP contribution in [0.3, 0.4) is 0 Å². The molecule has 1 atom stereocenters. The lowest BCUT2D eigenvalue weighted by atomic mass is 10.1. The van der Waals surface area contributed by atoms with Crippen LogP contribution in [0.5, 0.6) is 0 Å². The number of ether oxygens (including phenoxy) is 1. The second-order valence-corrected chi connectivity index (χ2v) is 6.01. The van der Waals surface area contributed by atoms with E-state index in [2.05, 4.69) is 23.8 Å². The van der Waals surface area contributed by atoms with E-state index in [9.17, 15) is 9.59 Å². The zero-order valence-corrected chi connectivity index (χ0v) is 15.5. The van der Waals surface area contributed by atoms with Gasteiger partial charge in [-0.15, -0.1) is 0 Å². The van der Waals surface area contributed by atoms with E-state index in [1.54, 1.807) is 7.05 Å². The largest absolute Gasteiger partial charge is 0.468 e. The van der Waals surface area contributed by atoms with Crippen molar-refractivity contribution in [3.63, 3.8) is 0 Å². The van der Waals surface area contributed by atoms with Crippen LogP contribution >= 0.6 is 11.8 Å². The third kappa shape index (κ3) is 10.1. The van der Waals surface area contributed by atoms with Crippen LogP contribution in [-0.2, 0) is 14.3 Å². The van der Waals surface area contributed by atoms with E-state index in [0.717, 1.165) is 18.4 Å². The molecule has 0 aliphatic carbocycles. The van der Waals surface area contributed by atoms with Crippen LogP contribution in [0.4, 0.5) is 0 Å². The topological polar surface area (TPSA) is 70.7 Å². The monoisotopic (exact) mass is 357 g/mol. The molecule has 136 valence electrons. The Hall–Kier alpha value is -1.79. The Kier molecular flexibility index (Phi) is 11.7. The molecule has 0 fully saturated rings. The summed E-state index contributed by atoms with van der Waals surface area (Å²) in [6, 6.07) is -0.365. The molecule has 0 aliphatic heterocycles. The molecule has 0 heterocycles. The second-order valence-electron chi connectivity index (χ2n) is 5.48. The number of carbonyl (C=O) groups is 2. The Morgan fingerprint density at radius 3 is 2.54 bits per heavy atom. The van der Waals surface area contributed by atoms with E-state index in [1.807, 2.05) is 6.92 Å². The third-order valence-electron chi connectivity index (χ3n) is 3.14. The van der Waals surface area contributed by atoms with Crippen molar-refractivity contribution in [3.05, 3.63) is 36.6 Å². The lowest BCUT2D eigenvalue weighted by molar-refractivity contribution is -0.143. The van der Waals surface area contributed by atoms with E-state index in [4.69, 9.17) is 16.5 Å². The molecule has 0 aromatic rings. The number of nitrogens with zero attached hydrogens (tertiary/aromatic N) is 1. The van der Waals surface area contributed by atoms with Gasteiger partial charge in [0, 0.05) is 38.1 Å². The molecule has 0 spiro atoms. The van der Waals surface area contributed by atoms with Gasteiger partial charge in [0.15, 0.2) is 0 Å². The number of hydrogen-bond donors (Lipinski definition) is 2.